The molecule has 0 aliphatic carbocycles. The van der Waals surface area contributed by atoms with E-state index in [0.717, 1.165) is 5.56 Å². The van der Waals surface area contributed by atoms with E-state index in [0.29, 0.717) is 24.0 Å². The molecule has 108 valence electrons. The van der Waals surface area contributed by atoms with E-state index < -0.39 is 0 Å². The van der Waals surface area contributed by atoms with Gasteiger partial charge in [-0.2, -0.15) is 16.4 Å². The van der Waals surface area contributed by atoms with E-state index in [-0.39, 0.29) is 12.3 Å². The normalized spacial score (nSPS) is 10.7. The van der Waals surface area contributed by atoms with E-state index in [1.54, 1.807) is 35.3 Å². The first-order chi connectivity index (χ1) is 10.2. The molecule has 3 aromatic heterocycles. The van der Waals surface area contributed by atoms with E-state index in [1.165, 1.54) is 0 Å². The fourth-order valence-corrected chi connectivity index (χ4v) is 2.39. The number of thiophene rings is 1. The number of hydrogen-bond donors (Lipinski definition) is 1. The Bertz CT molecular complexity index is 731. The molecular weight excluding hydrogens is 290 g/mol. The van der Waals surface area contributed by atoms with Crippen molar-refractivity contribution in [3.8, 4) is 11.5 Å². The zero-order valence-electron chi connectivity index (χ0n) is 11.3. The Hall–Kier alpha value is -2.48. The van der Waals surface area contributed by atoms with Crippen LogP contribution in [-0.2, 0) is 18.3 Å². The van der Waals surface area contributed by atoms with Gasteiger partial charge in [-0.05, 0) is 11.4 Å². The maximum atomic E-state index is 11.8. The average Bonchev–Trinajstić information content (AvgIpc) is 3.17. The highest BCUT2D eigenvalue weighted by Gasteiger charge is 2.11. The molecule has 0 saturated carbocycles. The molecule has 21 heavy (non-hydrogen) atoms. The summed E-state index contributed by atoms with van der Waals surface area (Å²) in [6, 6.07) is 3.65. The van der Waals surface area contributed by atoms with Gasteiger partial charge in [0.15, 0.2) is 5.82 Å². The van der Waals surface area contributed by atoms with Crippen molar-refractivity contribution in [1.82, 2.24) is 20.0 Å². The van der Waals surface area contributed by atoms with Gasteiger partial charge in [0.25, 0.3) is 0 Å². The highest BCUT2D eigenvalue weighted by molar-refractivity contribution is 7.08. The number of amides is 1. The summed E-state index contributed by atoms with van der Waals surface area (Å²) in [5.41, 5.74) is 0.900. The predicted octanol–water partition coefficient (Wildman–Crippen LogP) is 2.10. The van der Waals surface area contributed by atoms with Crippen molar-refractivity contribution in [3.63, 3.8) is 0 Å². The van der Waals surface area contributed by atoms with Crippen LogP contribution in [0.3, 0.4) is 0 Å². The summed E-state index contributed by atoms with van der Waals surface area (Å²) in [5, 5.41) is 18.6. The molecule has 0 unspecified atom stereocenters. The zero-order valence-corrected chi connectivity index (χ0v) is 12.1. The lowest BCUT2D eigenvalue weighted by atomic mass is 10.3. The number of rotatable bonds is 5. The minimum Gasteiger partial charge on any atom is -0.421 e. The highest BCUT2D eigenvalue weighted by atomic mass is 32.1. The van der Waals surface area contributed by atoms with Crippen LogP contribution in [0, 0.1) is 0 Å². The molecule has 0 bridgehead atoms. The molecule has 0 atom stereocenters. The molecular formula is C13H13N5O2S. The third-order valence-corrected chi connectivity index (χ3v) is 3.47. The van der Waals surface area contributed by atoms with Gasteiger partial charge >= 0.3 is 0 Å². The van der Waals surface area contributed by atoms with Crippen LogP contribution < -0.4 is 5.32 Å². The number of aryl methyl sites for hydroxylation is 2. The van der Waals surface area contributed by atoms with Crippen molar-refractivity contribution in [2.75, 3.05) is 5.32 Å². The van der Waals surface area contributed by atoms with Gasteiger partial charge in [0, 0.05) is 43.1 Å². The first-order valence-electron chi connectivity index (χ1n) is 6.35. The van der Waals surface area contributed by atoms with Crippen molar-refractivity contribution in [3.05, 3.63) is 35.0 Å². The third kappa shape index (κ3) is 3.34. The largest absolute Gasteiger partial charge is 0.421 e. The predicted molar refractivity (Wildman–Crippen MR) is 77.8 cm³/mol. The zero-order chi connectivity index (χ0) is 14.7. The summed E-state index contributed by atoms with van der Waals surface area (Å²) in [5.74, 6) is 1.33. The number of carbonyl (C=O) groups excluding carboxylic acids is 1. The number of nitrogens with zero attached hydrogens (tertiary/aromatic N) is 4. The molecule has 1 N–H and O–H groups in total. The van der Waals surface area contributed by atoms with Crippen molar-refractivity contribution < 1.29 is 9.21 Å². The monoisotopic (exact) mass is 303 g/mol. The van der Waals surface area contributed by atoms with Gasteiger partial charge < -0.3 is 9.73 Å². The standard InChI is InChI=1S/C13H13N5O2S/c1-18-6-4-10(17-18)14-11(19)2-3-12-15-16-13(20-12)9-5-7-21-8-9/h4-8H,2-3H2,1H3,(H,14,17,19). The molecule has 3 rings (SSSR count). The van der Waals surface area contributed by atoms with Gasteiger partial charge in [0.2, 0.25) is 17.7 Å². The van der Waals surface area contributed by atoms with Crippen LogP contribution in [0.25, 0.3) is 11.5 Å². The van der Waals surface area contributed by atoms with E-state index in [9.17, 15) is 4.79 Å². The van der Waals surface area contributed by atoms with Crippen LogP contribution in [0.4, 0.5) is 5.82 Å². The van der Waals surface area contributed by atoms with E-state index in [4.69, 9.17) is 4.42 Å². The summed E-state index contributed by atoms with van der Waals surface area (Å²) in [7, 11) is 1.79. The fourth-order valence-electron chi connectivity index (χ4n) is 1.76. The maximum Gasteiger partial charge on any atom is 0.248 e. The molecule has 0 saturated heterocycles. The summed E-state index contributed by atoms with van der Waals surface area (Å²) in [4.78, 5) is 11.8. The molecule has 0 radical (unpaired) electrons. The van der Waals surface area contributed by atoms with Crippen molar-refractivity contribution >= 4 is 23.1 Å². The topological polar surface area (TPSA) is 85.8 Å². The molecule has 3 heterocycles. The van der Waals surface area contributed by atoms with Crippen LogP contribution in [0.5, 0.6) is 0 Å². The van der Waals surface area contributed by atoms with E-state index >= 15 is 0 Å². The van der Waals surface area contributed by atoms with Crippen LogP contribution >= 0.6 is 11.3 Å². The van der Waals surface area contributed by atoms with Gasteiger partial charge in [0.05, 0.1) is 0 Å². The quantitative estimate of drug-likeness (QED) is 0.780. The first kappa shape index (κ1) is 13.5. The molecule has 1 amide bonds. The number of anilines is 1. The van der Waals surface area contributed by atoms with Gasteiger partial charge in [-0.15, -0.1) is 10.2 Å². The number of hydrogen-bond acceptors (Lipinski definition) is 6. The second-order valence-corrected chi connectivity index (χ2v) is 5.22. The van der Waals surface area contributed by atoms with Crippen LogP contribution in [0.1, 0.15) is 12.3 Å². The number of aromatic nitrogens is 4. The third-order valence-electron chi connectivity index (χ3n) is 2.78. The van der Waals surface area contributed by atoms with Gasteiger partial charge in [-0.25, -0.2) is 0 Å². The molecule has 0 fully saturated rings. The summed E-state index contributed by atoms with van der Waals surface area (Å²) >= 11 is 1.56. The molecule has 3 aromatic rings. The smallest absolute Gasteiger partial charge is 0.248 e. The minimum absolute atomic E-state index is 0.135. The number of nitrogens with one attached hydrogen (secondary N) is 1. The van der Waals surface area contributed by atoms with Crippen molar-refractivity contribution in [2.45, 2.75) is 12.8 Å². The Morgan fingerprint density at radius 1 is 1.43 bits per heavy atom. The molecule has 0 spiro atoms. The Balaban J connectivity index is 1.54. The fraction of sp³-hybridized carbons (Fsp3) is 0.231. The summed E-state index contributed by atoms with van der Waals surface area (Å²) < 4.78 is 7.14. The lowest BCUT2D eigenvalue weighted by Crippen LogP contribution is -2.13. The van der Waals surface area contributed by atoms with E-state index in [2.05, 4.69) is 20.6 Å². The first-order valence-corrected chi connectivity index (χ1v) is 7.29. The second-order valence-electron chi connectivity index (χ2n) is 4.44. The molecule has 0 aliphatic heterocycles. The van der Waals surface area contributed by atoms with Gasteiger partial charge in [0.1, 0.15) is 0 Å². The Kier molecular flexibility index (Phi) is 3.78. The average molecular weight is 303 g/mol. The maximum absolute atomic E-state index is 11.8. The van der Waals surface area contributed by atoms with Crippen LogP contribution in [-0.4, -0.2) is 25.9 Å². The second kappa shape index (κ2) is 5.88. The molecule has 0 aliphatic rings. The highest BCUT2D eigenvalue weighted by Crippen LogP contribution is 2.20. The van der Waals surface area contributed by atoms with Crippen molar-refractivity contribution in [2.24, 2.45) is 7.05 Å². The van der Waals surface area contributed by atoms with Gasteiger partial charge in [-0.3, -0.25) is 9.48 Å². The Labute approximate surface area is 124 Å². The summed E-state index contributed by atoms with van der Waals surface area (Å²) in [6.07, 6.45) is 2.43. The SMILES string of the molecule is Cn1ccc(NC(=O)CCc2nnc(-c3ccsc3)o2)n1. The molecule has 0 aromatic carbocycles. The minimum atomic E-state index is -0.135. The van der Waals surface area contributed by atoms with Crippen molar-refractivity contribution in [1.29, 1.82) is 0 Å². The van der Waals surface area contributed by atoms with E-state index in [1.807, 2.05) is 16.8 Å². The van der Waals surface area contributed by atoms with Crippen LogP contribution in [0.15, 0.2) is 33.5 Å². The Morgan fingerprint density at radius 3 is 3.05 bits per heavy atom. The lowest BCUT2D eigenvalue weighted by molar-refractivity contribution is -0.116. The molecule has 7 nitrogen and oxygen atoms in total. The molecule has 8 heteroatoms. The Morgan fingerprint density at radius 2 is 2.33 bits per heavy atom. The lowest BCUT2D eigenvalue weighted by Gasteiger charge is -1.99. The van der Waals surface area contributed by atoms with Gasteiger partial charge in [-0.1, -0.05) is 0 Å². The number of carbonyl (C=O) groups is 1. The summed E-state index contributed by atoms with van der Waals surface area (Å²) in [6.45, 7) is 0. The van der Waals surface area contributed by atoms with Crippen LogP contribution in [0.2, 0.25) is 0 Å².